The highest BCUT2D eigenvalue weighted by atomic mass is 19.1. The SMILES string of the molecule is C=C(Nc1cncc(-c2ccc3[nH]nc(-c4cc5c(-c6ccc(F)cc6)cncc5[nH]4)c3c2)c1)C(C)(C)C. The van der Waals surface area contributed by atoms with Crippen LogP contribution < -0.4 is 5.32 Å². The van der Waals surface area contributed by atoms with E-state index in [1.807, 2.05) is 12.3 Å². The third kappa shape index (κ3) is 4.32. The second-order valence-electron chi connectivity index (χ2n) is 10.5. The van der Waals surface area contributed by atoms with Gasteiger partial charge >= 0.3 is 0 Å². The van der Waals surface area contributed by atoms with E-state index in [1.165, 1.54) is 12.1 Å². The van der Waals surface area contributed by atoms with Crippen LogP contribution in [0.25, 0.3) is 55.4 Å². The molecular formula is C31H27FN6. The number of aromatic amines is 2. The van der Waals surface area contributed by atoms with Gasteiger partial charge in [0, 0.05) is 45.4 Å². The normalized spacial score (nSPS) is 11.8. The Labute approximate surface area is 219 Å². The van der Waals surface area contributed by atoms with Crippen molar-refractivity contribution in [3.8, 4) is 33.6 Å². The summed E-state index contributed by atoms with van der Waals surface area (Å²) in [5.41, 5.74) is 9.11. The maximum Gasteiger partial charge on any atom is 0.123 e. The molecule has 0 saturated carbocycles. The first-order chi connectivity index (χ1) is 18.3. The third-order valence-electron chi connectivity index (χ3n) is 6.79. The summed E-state index contributed by atoms with van der Waals surface area (Å²) in [6.07, 6.45) is 7.26. The molecule has 0 bridgehead atoms. The predicted octanol–water partition coefficient (Wildman–Crippen LogP) is 7.95. The molecule has 6 rings (SSSR count). The molecule has 0 unspecified atom stereocenters. The first-order valence-electron chi connectivity index (χ1n) is 12.4. The Morgan fingerprint density at radius 3 is 2.37 bits per heavy atom. The molecule has 0 fully saturated rings. The van der Waals surface area contributed by atoms with Crippen LogP contribution in [0, 0.1) is 11.2 Å². The minimum atomic E-state index is -0.266. The van der Waals surface area contributed by atoms with Gasteiger partial charge in [0.2, 0.25) is 0 Å². The van der Waals surface area contributed by atoms with Gasteiger partial charge in [-0.1, -0.05) is 45.5 Å². The van der Waals surface area contributed by atoms with Gasteiger partial charge in [-0.05, 0) is 47.5 Å². The zero-order valence-corrected chi connectivity index (χ0v) is 21.4. The number of halogens is 1. The van der Waals surface area contributed by atoms with Crippen LogP contribution in [-0.4, -0.2) is 25.1 Å². The molecule has 0 aliphatic rings. The lowest BCUT2D eigenvalue weighted by Gasteiger charge is -2.23. The number of rotatable bonds is 5. The van der Waals surface area contributed by atoms with Crippen molar-refractivity contribution < 1.29 is 4.39 Å². The average Bonchev–Trinajstić information content (AvgIpc) is 3.52. The van der Waals surface area contributed by atoms with Crippen LogP contribution in [0.1, 0.15) is 20.8 Å². The van der Waals surface area contributed by atoms with Gasteiger partial charge in [-0.15, -0.1) is 0 Å². The number of nitrogens with one attached hydrogen (secondary N) is 3. The van der Waals surface area contributed by atoms with Crippen molar-refractivity contribution in [3.05, 3.63) is 97.5 Å². The maximum absolute atomic E-state index is 13.5. The quantitative estimate of drug-likeness (QED) is 0.223. The number of hydrogen-bond donors (Lipinski definition) is 3. The molecular weight excluding hydrogens is 475 g/mol. The summed E-state index contributed by atoms with van der Waals surface area (Å²) in [6.45, 7) is 10.5. The minimum absolute atomic E-state index is 0.0632. The summed E-state index contributed by atoms with van der Waals surface area (Å²) < 4.78 is 13.5. The van der Waals surface area contributed by atoms with E-state index in [-0.39, 0.29) is 11.2 Å². The number of hydrogen-bond acceptors (Lipinski definition) is 4. The number of anilines is 1. The molecule has 188 valence electrons. The van der Waals surface area contributed by atoms with Crippen LogP contribution >= 0.6 is 0 Å². The number of H-pyrrole nitrogens is 2. The molecule has 6 aromatic rings. The lowest BCUT2D eigenvalue weighted by Crippen LogP contribution is -2.15. The molecule has 0 aliphatic carbocycles. The second kappa shape index (κ2) is 8.95. The van der Waals surface area contributed by atoms with E-state index < -0.39 is 0 Å². The van der Waals surface area contributed by atoms with Crippen LogP contribution in [-0.2, 0) is 0 Å². The number of fused-ring (bicyclic) bond motifs is 2. The minimum Gasteiger partial charge on any atom is -0.358 e. The number of aromatic nitrogens is 5. The van der Waals surface area contributed by atoms with Crippen LogP contribution in [0.2, 0.25) is 0 Å². The fourth-order valence-corrected chi connectivity index (χ4v) is 4.46. The standard InChI is InChI=1S/C31H27FN6/c1-18(31(2,3)4)35-23-11-21(14-33-15-23)20-7-10-27-25(12-20)30(38-37-27)28-13-24-26(16-34-17-29(24)36-28)19-5-8-22(32)9-6-19/h5-17,35-36H,1H2,2-4H3,(H,37,38). The Morgan fingerprint density at radius 2 is 1.58 bits per heavy atom. The van der Waals surface area contributed by atoms with Gasteiger partial charge in [-0.25, -0.2) is 4.39 Å². The molecule has 0 spiro atoms. The van der Waals surface area contributed by atoms with E-state index >= 15 is 0 Å². The molecule has 0 atom stereocenters. The first kappa shape index (κ1) is 23.6. The largest absolute Gasteiger partial charge is 0.358 e. The molecule has 0 aliphatic heterocycles. The highest BCUT2D eigenvalue weighted by molar-refractivity contribution is 6.01. The van der Waals surface area contributed by atoms with E-state index in [4.69, 9.17) is 0 Å². The molecule has 0 radical (unpaired) electrons. The fraction of sp³-hybridized carbons (Fsp3) is 0.129. The lowest BCUT2D eigenvalue weighted by atomic mass is 9.93. The Hall–Kier alpha value is -4.78. The fourth-order valence-electron chi connectivity index (χ4n) is 4.46. The smallest absolute Gasteiger partial charge is 0.123 e. The third-order valence-corrected chi connectivity index (χ3v) is 6.79. The highest BCUT2D eigenvalue weighted by Crippen LogP contribution is 2.35. The van der Waals surface area contributed by atoms with E-state index in [1.54, 1.807) is 30.7 Å². The van der Waals surface area contributed by atoms with Gasteiger partial charge in [0.1, 0.15) is 11.5 Å². The number of pyridine rings is 2. The van der Waals surface area contributed by atoms with E-state index in [2.05, 4.69) is 82.1 Å². The van der Waals surface area contributed by atoms with Crippen molar-refractivity contribution >= 4 is 27.5 Å². The molecule has 38 heavy (non-hydrogen) atoms. The summed E-state index contributed by atoms with van der Waals surface area (Å²) in [5, 5.41) is 13.2. The van der Waals surface area contributed by atoms with Crippen molar-refractivity contribution in [3.63, 3.8) is 0 Å². The zero-order valence-electron chi connectivity index (χ0n) is 21.4. The van der Waals surface area contributed by atoms with Gasteiger partial charge < -0.3 is 10.3 Å². The van der Waals surface area contributed by atoms with E-state index in [0.29, 0.717) is 0 Å². The van der Waals surface area contributed by atoms with Gasteiger partial charge in [0.25, 0.3) is 0 Å². The molecule has 4 aromatic heterocycles. The Bertz CT molecular complexity index is 1800. The summed E-state index contributed by atoms with van der Waals surface area (Å²) in [7, 11) is 0. The summed E-state index contributed by atoms with van der Waals surface area (Å²) >= 11 is 0. The zero-order chi connectivity index (χ0) is 26.4. The van der Waals surface area contributed by atoms with Gasteiger partial charge in [-0.3, -0.25) is 15.1 Å². The monoisotopic (exact) mass is 502 g/mol. The molecule has 3 N–H and O–H groups in total. The maximum atomic E-state index is 13.5. The Morgan fingerprint density at radius 1 is 0.816 bits per heavy atom. The number of benzene rings is 2. The first-order valence-corrected chi connectivity index (χ1v) is 12.4. The van der Waals surface area contributed by atoms with Crippen molar-refractivity contribution in [2.45, 2.75) is 20.8 Å². The number of allylic oxidation sites excluding steroid dienone is 1. The molecule has 6 nitrogen and oxygen atoms in total. The molecule has 2 aromatic carbocycles. The van der Waals surface area contributed by atoms with Crippen LogP contribution in [0.3, 0.4) is 0 Å². The van der Waals surface area contributed by atoms with Crippen LogP contribution in [0.4, 0.5) is 10.1 Å². The van der Waals surface area contributed by atoms with Crippen molar-refractivity contribution in [1.82, 2.24) is 25.1 Å². The number of nitrogens with zero attached hydrogens (tertiary/aromatic N) is 3. The van der Waals surface area contributed by atoms with Gasteiger partial charge in [-0.2, -0.15) is 5.10 Å². The topological polar surface area (TPSA) is 82.3 Å². The lowest BCUT2D eigenvalue weighted by molar-refractivity contribution is 0.509. The van der Waals surface area contributed by atoms with E-state index in [0.717, 1.165) is 66.8 Å². The van der Waals surface area contributed by atoms with Crippen LogP contribution in [0.5, 0.6) is 0 Å². The Balaban J connectivity index is 1.39. The average molecular weight is 503 g/mol. The Kier molecular flexibility index (Phi) is 5.56. The summed E-state index contributed by atoms with van der Waals surface area (Å²) in [6, 6.07) is 16.8. The summed E-state index contributed by atoms with van der Waals surface area (Å²) in [5.74, 6) is -0.266. The second-order valence-corrected chi connectivity index (χ2v) is 10.5. The molecule has 4 heterocycles. The molecule has 7 heteroatoms. The highest BCUT2D eigenvalue weighted by Gasteiger charge is 2.17. The molecule has 0 saturated heterocycles. The summed E-state index contributed by atoms with van der Waals surface area (Å²) in [4.78, 5) is 12.3. The van der Waals surface area contributed by atoms with Crippen molar-refractivity contribution in [2.75, 3.05) is 5.32 Å². The van der Waals surface area contributed by atoms with Gasteiger partial charge in [0.15, 0.2) is 0 Å². The molecule has 0 amide bonds. The van der Waals surface area contributed by atoms with Gasteiger partial charge in [0.05, 0.1) is 34.8 Å². The predicted molar refractivity (Wildman–Crippen MR) is 152 cm³/mol. The van der Waals surface area contributed by atoms with Crippen LogP contribution in [0.15, 0.2) is 91.7 Å². The van der Waals surface area contributed by atoms with Crippen molar-refractivity contribution in [2.24, 2.45) is 5.41 Å². The van der Waals surface area contributed by atoms with E-state index in [9.17, 15) is 4.39 Å². The van der Waals surface area contributed by atoms with Crippen molar-refractivity contribution in [1.29, 1.82) is 0 Å².